The molecule has 0 bridgehead atoms. The van der Waals surface area contributed by atoms with Crippen LogP contribution in [0, 0.1) is 19.8 Å². The van der Waals surface area contributed by atoms with Gasteiger partial charge in [-0.2, -0.15) is 0 Å². The Hall–Kier alpha value is -1.11. The predicted octanol–water partition coefficient (Wildman–Crippen LogP) is 4.74. The van der Waals surface area contributed by atoms with Crippen LogP contribution in [0.2, 0.25) is 0 Å². The Morgan fingerprint density at radius 1 is 1.22 bits per heavy atom. The highest BCUT2D eigenvalue weighted by atomic mass is 14.7. The minimum atomic E-state index is 0.716. The van der Waals surface area contributed by atoms with Crippen molar-refractivity contribution in [1.82, 2.24) is 0 Å². The van der Waals surface area contributed by atoms with Crippen molar-refractivity contribution in [2.24, 2.45) is 10.9 Å². The van der Waals surface area contributed by atoms with Gasteiger partial charge in [-0.15, -0.1) is 0 Å². The Bertz CT molecular complexity index is 402. The molecule has 0 saturated heterocycles. The number of aliphatic imine (C=N–C) groups is 1. The second-order valence-corrected chi connectivity index (χ2v) is 5.68. The highest BCUT2D eigenvalue weighted by molar-refractivity contribution is 5.82. The molecule has 1 nitrogen and oxygen atoms in total. The number of nitrogens with zero attached hydrogens (tertiary/aromatic N) is 1. The second kappa shape index (κ2) is 7.35. The molecule has 0 aromatic heterocycles. The molecule has 100 valence electrons. The molecule has 0 fully saturated rings. The lowest BCUT2D eigenvalue weighted by molar-refractivity contribution is 0.678. The summed E-state index contributed by atoms with van der Waals surface area (Å²) >= 11 is 0. The Morgan fingerprint density at radius 3 is 2.61 bits per heavy atom. The summed E-state index contributed by atoms with van der Waals surface area (Å²) in [6.07, 6.45) is 3.43. The molecule has 1 aromatic rings. The highest BCUT2D eigenvalue weighted by Gasteiger charge is 2.00. The standard InChI is InChI=1S/C17H27N/c1-13(2)12-15(4)18-11-7-10-17-9-6-8-14(3)16(17)5/h6,8-9,13H,7,10-12H2,1-5H3. The van der Waals surface area contributed by atoms with Crippen molar-refractivity contribution in [3.8, 4) is 0 Å². The van der Waals surface area contributed by atoms with Crippen molar-refractivity contribution in [1.29, 1.82) is 0 Å². The van der Waals surface area contributed by atoms with Crippen molar-refractivity contribution in [2.75, 3.05) is 6.54 Å². The molecule has 1 rings (SSSR count). The largest absolute Gasteiger partial charge is 0.294 e. The van der Waals surface area contributed by atoms with E-state index in [-0.39, 0.29) is 0 Å². The van der Waals surface area contributed by atoms with Crippen LogP contribution in [0.15, 0.2) is 23.2 Å². The lowest BCUT2D eigenvalue weighted by Crippen LogP contribution is -2.00. The minimum absolute atomic E-state index is 0.716. The summed E-state index contributed by atoms with van der Waals surface area (Å²) in [5.41, 5.74) is 5.62. The molecule has 0 amide bonds. The van der Waals surface area contributed by atoms with Crippen LogP contribution < -0.4 is 0 Å². The quantitative estimate of drug-likeness (QED) is 0.507. The van der Waals surface area contributed by atoms with E-state index in [1.54, 1.807) is 0 Å². The maximum absolute atomic E-state index is 4.65. The number of hydrogen-bond acceptors (Lipinski definition) is 1. The van der Waals surface area contributed by atoms with Gasteiger partial charge in [-0.25, -0.2) is 0 Å². The fourth-order valence-corrected chi connectivity index (χ4v) is 2.28. The third kappa shape index (κ3) is 5.03. The van der Waals surface area contributed by atoms with Crippen LogP contribution in [0.5, 0.6) is 0 Å². The average Bonchev–Trinajstić information content (AvgIpc) is 2.29. The van der Waals surface area contributed by atoms with Gasteiger partial charge in [0.1, 0.15) is 0 Å². The van der Waals surface area contributed by atoms with E-state index in [2.05, 4.69) is 57.8 Å². The van der Waals surface area contributed by atoms with E-state index >= 15 is 0 Å². The molecule has 1 aromatic carbocycles. The maximum Gasteiger partial charge on any atom is 0.0391 e. The van der Waals surface area contributed by atoms with Crippen molar-refractivity contribution < 1.29 is 0 Å². The van der Waals surface area contributed by atoms with Gasteiger partial charge in [0.25, 0.3) is 0 Å². The average molecular weight is 245 g/mol. The molecule has 0 radical (unpaired) electrons. The summed E-state index contributed by atoms with van der Waals surface area (Å²) in [4.78, 5) is 4.65. The minimum Gasteiger partial charge on any atom is -0.294 e. The normalized spacial score (nSPS) is 12.2. The van der Waals surface area contributed by atoms with Crippen LogP contribution in [-0.2, 0) is 6.42 Å². The van der Waals surface area contributed by atoms with Gasteiger partial charge in [-0.05, 0) is 62.6 Å². The number of aryl methyl sites for hydroxylation is 2. The fourth-order valence-electron chi connectivity index (χ4n) is 2.28. The second-order valence-electron chi connectivity index (χ2n) is 5.68. The van der Waals surface area contributed by atoms with E-state index in [0.717, 1.165) is 25.8 Å². The van der Waals surface area contributed by atoms with E-state index in [0.29, 0.717) is 5.92 Å². The fraction of sp³-hybridized carbons (Fsp3) is 0.588. The molecular formula is C17H27N. The zero-order chi connectivity index (χ0) is 13.5. The van der Waals surface area contributed by atoms with Crippen molar-refractivity contribution in [3.63, 3.8) is 0 Å². The first-order valence-electron chi connectivity index (χ1n) is 7.05. The Morgan fingerprint density at radius 2 is 1.94 bits per heavy atom. The predicted molar refractivity (Wildman–Crippen MR) is 81.7 cm³/mol. The number of rotatable bonds is 6. The van der Waals surface area contributed by atoms with Gasteiger partial charge < -0.3 is 0 Å². The monoisotopic (exact) mass is 245 g/mol. The topological polar surface area (TPSA) is 12.4 Å². The van der Waals surface area contributed by atoms with Crippen LogP contribution in [0.1, 0.15) is 50.3 Å². The van der Waals surface area contributed by atoms with E-state index in [9.17, 15) is 0 Å². The summed E-state index contributed by atoms with van der Waals surface area (Å²) < 4.78 is 0. The third-order valence-corrected chi connectivity index (χ3v) is 3.41. The summed E-state index contributed by atoms with van der Waals surface area (Å²) in [6, 6.07) is 6.59. The van der Waals surface area contributed by atoms with Gasteiger partial charge >= 0.3 is 0 Å². The third-order valence-electron chi connectivity index (χ3n) is 3.41. The van der Waals surface area contributed by atoms with Gasteiger partial charge in [0.15, 0.2) is 0 Å². The lowest BCUT2D eigenvalue weighted by atomic mass is 10.00. The Kier molecular flexibility index (Phi) is 6.11. The first-order valence-corrected chi connectivity index (χ1v) is 7.05. The van der Waals surface area contributed by atoms with Gasteiger partial charge in [0, 0.05) is 12.3 Å². The molecule has 0 aliphatic heterocycles. The van der Waals surface area contributed by atoms with E-state index in [1.807, 2.05) is 0 Å². The van der Waals surface area contributed by atoms with Crippen LogP contribution >= 0.6 is 0 Å². The van der Waals surface area contributed by atoms with Gasteiger partial charge in [-0.1, -0.05) is 32.0 Å². The van der Waals surface area contributed by atoms with Crippen molar-refractivity contribution >= 4 is 5.71 Å². The molecule has 0 unspecified atom stereocenters. The smallest absolute Gasteiger partial charge is 0.0391 e. The van der Waals surface area contributed by atoms with Crippen LogP contribution in [0.25, 0.3) is 0 Å². The maximum atomic E-state index is 4.65. The van der Waals surface area contributed by atoms with E-state index in [4.69, 9.17) is 0 Å². The molecule has 0 spiro atoms. The van der Waals surface area contributed by atoms with Gasteiger partial charge in [-0.3, -0.25) is 4.99 Å². The Balaban J connectivity index is 2.40. The lowest BCUT2D eigenvalue weighted by Gasteiger charge is -2.08. The first-order chi connectivity index (χ1) is 8.50. The van der Waals surface area contributed by atoms with Crippen LogP contribution in [0.4, 0.5) is 0 Å². The summed E-state index contributed by atoms with van der Waals surface area (Å²) in [5.74, 6) is 0.716. The number of hydrogen-bond donors (Lipinski definition) is 0. The zero-order valence-electron chi connectivity index (χ0n) is 12.6. The molecule has 18 heavy (non-hydrogen) atoms. The van der Waals surface area contributed by atoms with Crippen molar-refractivity contribution in [3.05, 3.63) is 34.9 Å². The Labute approximate surface area is 112 Å². The highest BCUT2D eigenvalue weighted by Crippen LogP contribution is 2.14. The summed E-state index contributed by atoms with van der Waals surface area (Å²) in [6.45, 7) is 12.0. The molecular weight excluding hydrogens is 218 g/mol. The van der Waals surface area contributed by atoms with E-state index in [1.165, 1.54) is 22.4 Å². The van der Waals surface area contributed by atoms with E-state index < -0.39 is 0 Å². The molecule has 0 aliphatic rings. The van der Waals surface area contributed by atoms with Gasteiger partial charge in [0.05, 0.1) is 0 Å². The van der Waals surface area contributed by atoms with Gasteiger partial charge in [0.2, 0.25) is 0 Å². The molecule has 0 N–H and O–H groups in total. The summed E-state index contributed by atoms with van der Waals surface area (Å²) in [5, 5.41) is 0. The van der Waals surface area contributed by atoms with Crippen LogP contribution in [0.3, 0.4) is 0 Å². The molecule has 0 atom stereocenters. The summed E-state index contributed by atoms with van der Waals surface area (Å²) in [7, 11) is 0. The first kappa shape index (κ1) is 14.9. The molecule has 0 heterocycles. The molecule has 0 saturated carbocycles. The molecule has 1 heteroatoms. The zero-order valence-corrected chi connectivity index (χ0v) is 12.6. The SMILES string of the molecule is CC(CC(C)C)=NCCCc1cccc(C)c1C. The van der Waals surface area contributed by atoms with Crippen LogP contribution in [-0.4, -0.2) is 12.3 Å². The molecule has 0 aliphatic carbocycles. The van der Waals surface area contributed by atoms with Crippen molar-refractivity contribution in [2.45, 2.75) is 53.9 Å². The number of benzene rings is 1.